The summed E-state index contributed by atoms with van der Waals surface area (Å²) in [5.74, 6) is 1.32. The Labute approximate surface area is 127 Å². The highest BCUT2D eigenvalue weighted by Crippen LogP contribution is 2.43. The van der Waals surface area contributed by atoms with Crippen molar-refractivity contribution < 1.29 is 18.9 Å². The fraction of sp³-hybridized carbons (Fsp3) is 0.429. The molecule has 0 aliphatic carbocycles. The minimum atomic E-state index is 0.211. The van der Waals surface area contributed by atoms with E-state index in [1.165, 1.54) is 14.2 Å². The van der Waals surface area contributed by atoms with Crippen LogP contribution in [0.5, 0.6) is 23.4 Å². The van der Waals surface area contributed by atoms with E-state index < -0.39 is 0 Å². The SMILES string of the molecule is CCOc1nc(OCC)c2c(OC)c(OC)cc(Cl)c2n1. The largest absolute Gasteiger partial charge is 0.493 e. The van der Waals surface area contributed by atoms with Crippen LogP contribution in [0.25, 0.3) is 10.9 Å². The molecule has 0 bridgehead atoms. The molecule has 1 heterocycles. The second-order valence-corrected chi connectivity index (χ2v) is 4.40. The molecule has 6 nitrogen and oxygen atoms in total. The number of hydrogen-bond acceptors (Lipinski definition) is 6. The van der Waals surface area contributed by atoms with Crippen molar-refractivity contribution in [3.8, 4) is 23.4 Å². The molecule has 0 atom stereocenters. The molecule has 1 aromatic carbocycles. The fourth-order valence-electron chi connectivity index (χ4n) is 1.96. The molecule has 0 N–H and O–H groups in total. The van der Waals surface area contributed by atoms with Gasteiger partial charge in [-0.2, -0.15) is 9.97 Å². The lowest BCUT2D eigenvalue weighted by Gasteiger charge is -2.15. The van der Waals surface area contributed by atoms with Crippen molar-refractivity contribution in [2.24, 2.45) is 0 Å². The smallest absolute Gasteiger partial charge is 0.320 e. The topological polar surface area (TPSA) is 62.7 Å². The van der Waals surface area contributed by atoms with E-state index in [1.807, 2.05) is 13.8 Å². The summed E-state index contributed by atoms with van der Waals surface area (Å²) in [6.45, 7) is 4.60. The van der Waals surface area contributed by atoms with Gasteiger partial charge in [0.25, 0.3) is 0 Å². The first kappa shape index (κ1) is 15.4. The zero-order valence-electron chi connectivity index (χ0n) is 12.4. The summed E-state index contributed by atoms with van der Waals surface area (Å²) in [5.41, 5.74) is 0.496. The third-order valence-corrected chi connectivity index (χ3v) is 3.06. The van der Waals surface area contributed by atoms with E-state index in [0.29, 0.717) is 46.5 Å². The van der Waals surface area contributed by atoms with E-state index >= 15 is 0 Å². The van der Waals surface area contributed by atoms with Crippen molar-refractivity contribution in [3.63, 3.8) is 0 Å². The number of rotatable bonds is 6. The molecular weight excluding hydrogens is 296 g/mol. The Morgan fingerprint density at radius 1 is 1.05 bits per heavy atom. The van der Waals surface area contributed by atoms with Crippen LogP contribution in [-0.2, 0) is 0 Å². The van der Waals surface area contributed by atoms with Gasteiger partial charge in [-0.25, -0.2) is 0 Å². The Morgan fingerprint density at radius 2 is 1.76 bits per heavy atom. The van der Waals surface area contributed by atoms with Crippen LogP contribution in [0.15, 0.2) is 6.07 Å². The molecule has 7 heteroatoms. The van der Waals surface area contributed by atoms with E-state index in [0.717, 1.165) is 0 Å². The van der Waals surface area contributed by atoms with Gasteiger partial charge in [0.2, 0.25) is 5.88 Å². The van der Waals surface area contributed by atoms with Gasteiger partial charge in [-0.1, -0.05) is 11.6 Å². The molecule has 2 aromatic rings. The first-order valence-electron chi connectivity index (χ1n) is 6.54. The Balaban J connectivity index is 2.82. The quantitative estimate of drug-likeness (QED) is 0.816. The van der Waals surface area contributed by atoms with E-state index in [9.17, 15) is 0 Å². The Kier molecular flexibility index (Phi) is 4.90. The van der Waals surface area contributed by atoms with Gasteiger partial charge in [0, 0.05) is 6.07 Å². The van der Waals surface area contributed by atoms with Crippen molar-refractivity contribution >= 4 is 22.5 Å². The van der Waals surface area contributed by atoms with Gasteiger partial charge in [-0.05, 0) is 13.8 Å². The normalized spacial score (nSPS) is 10.5. The number of hydrogen-bond donors (Lipinski definition) is 0. The molecule has 0 amide bonds. The molecule has 0 aliphatic heterocycles. The standard InChI is InChI=1S/C14H17ClN2O4/c1-5-20-13-10-11(16-14(17-13)21-6-2)8(15)7-9(18-3)12(10)19-4/h7H,5-6H2,1-4H3. The van der Waals surface area contributed by atoms with Gasteiger partial charge >= 0.3 is 6.01 Å². The van der Waals surface area contributed by atoms with Crippen LogP contribution in [0.1, 0.15) is 13.8 Å². The Bertz CT molecular complexity index is 649. The maximum Gasteiger partial charge on any atom is 0.320 e. The predicted molar refractivity (Wildman–Crippen MR) is 80.0 cm³/mol. The number of halogens is 1. The minimum Gasteiger partial charge on any atom is -0.493 e. The van der Waals surface area contributed by atoms with Crippen molar-refractivity contribution in [2.45, 2.75) is 13.8 Å². The van der Waals surface area contributed by atoms with E-state index in [-0.39, 0.29) is 6.01 Å². The summed E-state index contributed by atoms with van der Waals surface area (Å²) in [5, 5.41) is 0.971. The van der Waals surface area contributed by atoms with Crippen LogP contribution in [0.2, 0.25) is 5.02 Å². The van der Waals surface area contributed by atoms with Gasteiger partial charge in [0.15, 0.2) is 11.5 Å². The summed E-state index contributed by atoms with van der Waals surface area (Å²) in [6, 6.07) is 1.85. The Hall–Kier alpha value is -1.95. The number of fused-ring (bicyclic) bond motifs is 1. The minimum absolute atomic E-state index is 0.211. The van der Waals surface area contributed by atoms with Gasteiger partial charge in [0.05, 0.1) is 32.5 Å². The summed E-state index contributed by atoms with van der Waals surface area (Å²) < 4.78 is 21.6. The second kappa shape index (κ2) is 6.67. The predicted octanol–water partition coefficient (Wildman–Crippen LogP) is 3.10. The zero-order chi connectivity index (χ0) is 15.4. The highest BCUT2D eigenvalue weighted by molar-refractivity contribution is 6.35. The molecule has 114 valence electrons. The highest BCUT2D eigenvalue weighted by Gasteiger charge is 2.21. The summed E-state index contributed by atoms with van der Waals surface area (Å²) in [6.07, 6.45) is 0. The molecular formula is C14H17ClN2O4. The molecule has 21 heavy (non-hydrogen) atoms. The van der Waals surface area contributed by atoms with Gasteiger partial charge in [-0.15, -0.1) is 0 Å². The maximum atomic E-state index is 6.28. The van der Waals surface area contributed by atoms with Crippen molar-refractivity contribution in [3.05, 3.63) is 11.1 Å². The molecule has 0 aliphatic rings. The number of nitrogens with zero attached hydrogens (tertiary/aromatic N) is 2. The lowest BCUT2D eigenvalue weighted by Crippen LogP contribution is -2.04. The number of methoxy groups -OCH3 is 2. The van der Waals surface area contributed by atoms with E-state index in [1.54, 1.807) is 6.07 Å². The molecule has 0 radical (unpaired) electrons. The van der Waals surface area contributed by atoms with Crippen LogP contribution in [0.3, 0.4) is 0 Å². The van der Waals surface area contributed by atoms with Crippen LogP contribution >= 0.6 is 11.6 Å². The number of ether oxygens (including phenoxy) is 4. The van der Waals surface area contributed by atoms with Crippen molar-refractivity contribution in [2.75, 3.05) is 27.4 Å². The molecule has 0 saturated heterocycles. The summed E-state index contributed by atoms with van der Waals surface area (Å²) >= 11 is 6.28. The maximum absolute atomic E-state index is 6.28. The van der Waals surface area contributed by atoms with Crippen LogP contribution < -0.4 is 18.9 Å². The monoisotopic (exact) mass is 312 g/mol. The molecule has 2 rings (SSSR count). The highest BCUT2D eigenvalue weighted by atomic mass is 35.5. The summed E-state index contributed by atoms with van der Waals surface area (Å²) in [4.78, 5) is 8.57. The molecule has 0 spiro atoms. The van der Waals surface area contributed by atoms with E-state index in [4.69, 9.17) is 30.5 Å². The lowest BCUT2D eigenvalue weighted by molar-refractivity contribution is 0.291. The van der Waals surface area contributed by atoms with Crippen molar-refractivity contribution in [1.82, 2.24) is 9.97 Å². The van der Waals surface area contributed by atoms with E-state index in [2.05, 4.69) is 9.97 Å². The average Bonchev–Trinajstić information content (AvgIpc) is 2.48. The van der Waals surface area contributed by atoms with Crippen molar-refractivity contribution in [1.29, 1.82) is 0 Å². The third kappa shape index (κ3) is 2.90. The van der Waals surface area contributed by atoms with Gasteiger partial charge in [0.1, 0.15) is 10.9 Å². The second-order valence-electron chi connectivity index (χ2n) is 3.99. The van der Waals surface area contributed by atoms with Crippen LogP contribution in [0.4, 0.5) is 0 Å². The first-order chi connectivity index (χ1) is 10.2. The molecule has 0 fully saturated rings. The zero-order valence-corrected chi connectivity index (χ0v) is 13.2. The molecule has 0 saturated carbocycles. The number of benzene rings is 1. The van der Waals surface area contributed by atoms with Crippen LogP contribution in [-0.4, -0.2) is 37.4 Å². The fourth-order valence-corrected chi connectivity index (χ4v) is 2.20. The Morgan fingerprint density at radius 3 is 2.33 bits per heavy atom. The molecule has 0 unspecified atom stereocenters. The lowest BCUT2D eigenvalue weighted by atomic mass is 10.2. The summed E-state index contributed by atoms with van der Waals surface area (Å²) in [7, 11) is 3.08. The van der Waals surface area contributed by atoms with Gasteiger partial charge in [-0.3, -0.25) is 0 Å². The molecule has 1 aromatic heterocycles. The first-order valence-corrected chi connectivity index (χ1v) is 6.91. The number of aromatic nitrogens is 2. The van der Waals surface area contributed by atoms with Crippen LogP contribution in [0, 0.1) is 0 Å². The average molecular weight is 313 g/mol. The third-order valence-electron chi connectivity index (χ3n) is 2.77. The van der Waals surface area contributed by atoms with Gasteiger partial charge < -0.3 is 18.9 Å².